The summed E-state index contributed by atoms with van der Waals surface area (Å²) in [6.07, 6.45) is 4.05. The number of hydrogen-bond acceptors (Lipinski definition) is 2. The molecular weight excluding hydrogens is 234 g/mol. The summed E-state index contributed by atoms with van der Waals surface area (Å²) < 4.78 is 5.14. The zero-order valence-corrected chi connectivity index (χ0v) is 11.4. The van der Waals surface area contributed by atoms with E-state index in [1.807, 2.05) is 12.1 Å². The highest BCUT2D eigenvalue weighted by molar-refractivity contribution is 5.85. The van der Waals surface area contributed by atoms with Crippen LogP contribution in [0.3, 0.4) is 0 Å². The van der Waals surface area contributed by atoms with E-state index in [0.717, 1.165) is 24.3 Å². The maximum atomic E-state index is 5.14. The average molecular weight is 256 g/mol. The predicted molar refractivity (Wildman–Crippen MR) is 73.9 cm³/mol. The molecular formula is C14H22ClNO. The molecule has 0 aromatic heterocycles. The third kappa shape index (κ3) is 4.21. The first-order valence-corrected chi connectivity index (χ1v) is 6.19. The summed E-state index contributed by atoms with van der Waals surface area (Å²) in [6.45, 7) is 3.24. The van der Waals surface area contributed by atoms with Crippen LogP contribution in [-0.4, -0.2) is 13.2 Å². The van der Waals surface area contributed by atoms with Crippen LogP contribution < -0.4 is 10.1 Å². The lowest BCUT2D eigenvalue weighted by Gasteiger charge is -2.05. The Balaban J connectivity index is 0.00000144. The van der Waals surface area contributed by atoms with Crippen LogP contribution in [0.1, 0.15) is 31.7 Å². The summed E-state index contributed by atoms with van der Waals surface area (Å²) in [5.74, 6) is 1.86. The molecule has 2 atom stereocenters. The zero-order chi connectivity index (χ0) is 11.4. The number of methoxy groups -OCH3 is 1. The van der Waals surface area contributed by atoms with Crippen molar-refractivity contribution in [2.24, 2.45) is 5.92 Å². The van der Waals surface area contributed by atoms with Gasteiger partial charge >= 0.3 is 0 Å². The predicted octanol–water partition coefficient (Wildman–Crippen LogP) is 3.40. The second-order valence-corrected chi connectivity index (χ2v) is 4.62. The number of hydrogen-bond donors (Lipinski definition) is 1. The Labute approximate surface area is 110 Å². The molecule has 2 nitrogen and oxygen atoms in total. The first-order valence-electron chi connectivity index (χ1n) is 6.19. The molecule has 1 aliphatic carbocycles. The van der Waals surface area contributed by atoms with Gasteiger partial charge in [-0.2, -0.15) is 0 Å². The van der Waals surface area contributed by atoms with E-state index in [4.69, 9.17) is 4.74 Å². The third-order valence-electron chi connectivity index (χ3n) is 3.31. The summed E-state index contributed by atoms with van der Waals surface area (Å²) in [5, 5.41) is 3.60. The number of halogens is 1. The van der Waals surface area contributed by atoms with Crippen LogP contribution in [0.5, 0.6) is 5.75 Å². The van der Waals surface area contributed by atoms with Crippen molar-refractivity contribution >= 4 is 12.4 Å². The van der Waals surface area contributed by atoms with Crippen LogP contribution in [0.2, 0.25) is 0 Å². The van der Waals surface area contributed by atoms with Crippen molar-refractivity contribution in [2.75, 3.05) is 7.11 Å². The molecule has 0 saturated heterocycles. The molecule has 3 heteroatoms. The van der Waals surface area contributed by atoms with Gasteiger partial charge in [0, 0.05) is 12.6 Å². The SMILES string of the molecule is CCCC1CC1NCc1ccc(OC)cc1.Cl. The van der Waals surface area contributed by atoms with Crippen molar-refractivity contribution in [3.05, 3.63) is 29.8 Å². The van der Waals surface area contributed by atoms with E-state index in [9.17, 15) is 0 Å². The lowest BCUT2D eigenvalue weighted by Crippen LogP contribution is -2.17. The van der Waals surface area contributed by atoms with Crippen molar-refractivity contribution in [2.45, 2.75) is 38.8 Å². The van der Waals surface area contributed by atoms with Gasteiger partial charge in [0.2, 0.25) is 0 Å². The lowest BCUT2D eigenvalue weighted by molar-refractivity contribution is 0.414. The quantitative estimate of drug-likeness (QED) is 0.841. The summed E-state index contributed by atoms with van der Waals surface area (Å²) in [4.78, 5) is 0. The summed E-state index contributed by atoms with van der Waals surface area (Å²) in [6, 6.07) is 9.06. The second kappa shape index (κ2) is 6.87. The van der Waals surface area contributed by atoms with E-state index in [-0.39, 0.29) is 12.4 Å². The first-order chi connectivity index (χ1) is 7.83. The van der Waals surface area contributed by atoms with Crippen LogP contribution in [0.15, 0.2) is 24.3 Å². The Kier molecular flexibility index (Phi) is 5.79. The summed E-state index contributed by atoms with van der Waals surface area (Å²) >= 11 is 0. The standard InChI is InChI=1S/C14H21NO.ClH/c1-3-4-12-9-14(12)15-10-11-5-7-13(16-2)8-6-11;/h5-8,12,14-15H,3-4,9-10H2,1-2H3;1H. The molecule has 2 rings (SSSR count). The molecule has 0 spiro atoms. The normalized spacial score (nSPS) is 21.8. The second-order valence-electron chi connectivity index (χ2n) is 4.62. The van der Waals surface area contributed by atoms with Gasteiger partial charge in [-0.1, -0.05) is 25.5 Å². The molecule has 1 saturated carbocycles. The van der Waals surface area contributed by atoms with E-state index in [2.05, 4.69) is 24.4 Å². The van der Waals surface area contributed by atoms with Gasteiger partial charge in [0.1, 0.15) is 5.75 Å². The minimum Gasteiger partial charge on any atom is -0.497 e. The number of benzene rings is 1. The van der Waals surface area contributed by atoms with E-state index in [1.54, 1.807) is 7.11 Å². The molecule has 0 heterocycles. The fraction of sp³-hybridized carbons (Fsp3) is 0.571. The Morgan fingerprint density at radius 1 is 1.29 bits per heavy atom. The van der Waals surface area contributed by atoms with Gasteiger partial charge in [-0.05, 0) is 36.5 Å². The fourth-order valence-corrected chi connectivity index (χ4v) is 2.18. The third-order valence-corrected chi connectivity index (χ3v) is 3.31. The number of rotatable bonds is 6. The topological polar surface area (TPSA) is 21.3 Å². The molecule has 0 aliphatic heterocycles. The molecule has 2 unspecified atom stereocenters. The van der Waals surface area contributed by atoms with Crippen LogP contribution in [0.4, 0.5) is 0 Å². The van der Waals surface area contributed by atoms with Gasteiger partial charge in [0.15, 0.2) is 0 Å². The number of nitrogens with one attached hydrogen (secondary N) is 1. The van der Waals surface area contributed by atoms with E-state index in [1.165, 1.54) is 24.8 Å². The summed E-state index contributed by atoms with van der Waals surface area (Å²) in [7, 11) is 1.70. The zero-order valence-electron chi connectivity index (χ0n) is 10.6. The first kappa shape index (κ1) is 14.3. The molecule has 1 aliphatic rings. The summed E-state index contributed by atoms with van der Waals surface area (Å²) in [5.41, 5.74) is 1.34. The van der Waals surface area contributed by atoms with Crippen LogP contribution in [-0.2, 0) is 6.54 Å². The minimum atomic E-state index is 0. The highest BCUT2D eigenvalue weighted by Gasteiger charge is 2.35. The van der Waals surface area contributed by atoms with Gasteiger partial charge < -0.3 is 10.1 Å². The monoisotopic (exact) mass is 255 g/mol. The molecule has 0 bridgehead atoms. The molecule has 17 heavy (non-hydrogen) atoms. The van der Waals surface area contributed by atoms with Crippen LogP contribution in [0.25, 0.3) is 0 Å². The van der Waals surface area contributed by atoms with Gasteiger partial charge in [-0.25, -0.2) is 0 Å². The van der Waals surface area contributed by atoms with Gasteiger partial charge in [-0.3, -0.25) is 0 Å². The van der Waals surface area contributed by atoms with Gasteiger partial charge in [-0.15, -0.1) is 12.4 Å². The van der Waals surface area contributed by atoms with Crippen LogP contribution in [0, 0.1) is 5.92 Å². The Hall–Kier alpha value is -0.730. The molecule has 1 aromatic rings. The maximum Gasteiger partial charge on any atom is 0.118 e. The molecule has 96 valence electrons. The number of ether oxygens (including phenoxy) is 1. The van der Waals surface area contributed by atoms with Crippen molar-refractivity contribution < 1.29 is 4.74 Å². The Bertz CT molecular complexity index is 325. The highest BCUT2D eigenvalue weighted by Crippen LogP contribution is 2.34. The largest absolute Gasteiger partial charge is 0.497 e. The van der Waals surface area contributed by atoms with E-state index in [0.29, 0.717) is 0 Å². The van der Waals surface area contributed by atoms with Crippen molar-refractivity contribution in [3.63, 3.8) is 0 Å². The molecule has 0 amide bonds. The maximum absolute atomic E-state index is 5.14. The molecule has 1 aromatic carbocycles. The van der Waals surface area contributed by atoms with E-state index < -0.39 is 0 Å². The fourth-order valence-electron chi connectivity index (χ4n) is 2.18. The minimum absolute atomic E-state index is 0. The van der Waals surface area contributed by atoms with Crippen molar-refractivity contribution in [3.8, 4) is 5.75 Å². The van der Waals surface area contributed by atoms with E-state index >= 15 is 0 Å². The van der Waals surface area contributed by atoms with Crippen molar-refractivity contribution in [1.29, 1.82) is 0 Å². The Morgan fingerprint density at radius 3 is 2.59 bits per heavy atom. The van der Waals surface area contributed by atoms with Gasteiger partial charge in [0.05, 0.1) is 7.11 Å². The van der Waals surface area contributed by atoms with Crippen molar-refractivity contribution in [1.82, 2.24) is 5.32 Å². The molecule has 1 fully saturated rings. The molecule has 1 N–H and O–H groups in total. The smallest absolute Gasteiger partial charge is 0.118 e. The van der Waals surface area contributed by atoms with Crippen LogP contribution >= 0.6 is 12.4 Å². The highest BCUT2D eigenvalue weighted by atomic mass is 35.5. The lowest BCUT2D eigenvalue weighted by atomic mass is 10.2. The van der Waals surface area contributed by atoms with Gasteiger partial charge in [0.25, 0.3) is 0 Å². The molecule has 0 radical (unpaired) electrons. The Morgan fingerprint density at radius 2 is 2.00 bits per heavy atom. The average Bonchev–Trinajstić information content (AvgIpc) is 3.06.